The second-order valence-electron chi connectivity index (χ2n) is 4.93. The molecule has 0 fully saturated rings. The maximum Gasteiger partial charge on any atom is 0.316 e. The Labute approximate surface area is 118 Å². The standard InChI is InChI=1S/C15H19N3O2/c16-15(20)18-13-7-5-12(6-8-13)10-17-14(19)9-11-3-1-2-4-11/h1,3,5-8,11H,2,4,9-10H2,(H,17,19)(H3,16,18,20)/t11-/m0/s1. The van der Waals surface area contributed by atoms with Crippen molar-refractivity contribution in [2.75, 3.05) is 5.32 Å². The fourth-order valence-corrected chi connectivity index (χ4v) is 2.22. The van der Waals surface area contributed by atoms with Crippen molar-refractivity contribution >= 4 is 17.6 Å². The highest BCUT2D eigenvalue weighted by atomic mass is 16.2. The summed E-state index contributed by atoms with van der Waals surface area (Å²) in [6.45, 7) is 0.492. The summed E-state index contributed by atoms with van der Waals surface area (Å²) < 4.78 is 0. The van der Waals surface area contributed by atoms with Crippen LogP contribution in [0.5, 0.6) is 0 Å². The van der Waals surface area contributed by atoms with E-state index in [0.717, 1.165) is 18.4 Å². The molecule has 1 atom stereocenters. The largest absolute Gasteiger partial charge is 0.352 e. The summed E-state index contributed by atoms with van der Waals surface area (Å²) in [7, 11) is 0. The number of rotatable bonds is 5. The predicted octanol–water partition coefficient (Wildman–Crippen LogP) is 2.15. The van der Waals surface area contributed by atoms with E-state index in [1.807, 2.05) is 12.1 Å². The molecule has 2 rings (SSSR count). The molecular formula is C15H19N3O2. The first-order valence-electron chi connectivity index (χ1n) is 6.72. The number of anilines is 1. The lowest BCUT2D eigenvalue weighted by Crippen LogP contribution is -2.24. The Kier molecular flexibility index (Phi) is 4.76. The summed E-state index contributed by atoms with van der Waals surface area (Å²) in [5, 5.41) is 5.39. The average molecular weight is 273 g/mol. The van der Waals surface area contributed by atoms with E-state index in [2.05, 4.69) is 22.8 Å². The first-order valence-corrected chi connectivity index (χ1v) is 6.72. The molecule has 106 valence electrons. The van der Waals surface area contributed by atoms with Gasteiger partial charge >= 0.3 is 6.03 Å². The molecule has 0 spiro atoms. The van der Waals surface area contributed by atoms with E-state index in [-0.39, 0.29) is 5.91 Å². The van der Waals surface area contributed by atoms with Crippen LogP contribution in [0.15, 0.2) is 36.4 Å². The molecule has 0 aliphatic heterocycles. The molecule has 0 saturated heterocycles. The Bertz CT molecular complexity index is 508. The number of primary amides is 1. The molecule has 3 amide bonds. The molecule has 0 radical (unpaired) electrons. The smallest absolute Gasteiger partial charge is 0.316 e. The van der Waals surface area contributed by atoms with Gasteiger partial charge in [0.25, 0.3) is 0 Å². The van der Waals surface area contributed by atoms with Crippen LogP contribution in [0.2, 0.25) is 0 Å². The molecule has 0 saturated carbocycles. The highest BCUT2D eigenvalue weighted by Crippen LogP contribution is 2.20. The molecule has 4 N–H and O–H groups in total. The first kappa shape index (κ1) is 14.1. The highest BCUT2D eigenvalue weighted by Gasteiger charge is 2.13. The maximum absolute atomic E-state index is 11.8. The number of allylic oxidation sites excluding steroid dienone is 2. The molecule has 0 heterocycles. The molecule has 0 bridgehead atoms. The van der Waals surface area contributed by atoms with Crippen LogP contribution in [0.3, 0.4) is 0 Å². The number of carbonyl (C=O) groups excluding carboxylic acids is 2. The summed E-state index contributed by atoms with van der Waals surface area (Å²) >= 11 is 0. The number of carbonyl (C=O) groups is 2. The van der Waals surface area contributed by atoms with Crippen LogP contribution < -0.4 is 16.4 Å². The van der Waals surface area contributed by atoms with Crippen molar-refractivity contribution in [3.8, 4) is 0 Å². The molecule has 1 aromatic rings. The zero-order valence-corrected chi connectivity index (χ0v) is 11.3. The number of amides is 3. The van der Waals surface area contributed by atoms with Crippen molar-refractivity contribution in [2.45, 2.75) is 25.8 Å². The Balaban J connectivity index is 1.76. The number of nitrogens with two attached hydrogens (primary N) is 1. The quantitative estimate of drug-likeness (QED) is 0.718. The van der Waals surface area contributed by atoms with Crippen LogP contribution in [-0.4, -0.2) is 11.9 Å². The Morgan fingerprint density at radius 1 is 1.25 bits per heavy atom. The van der Waals surface area contributed by atoms with E-state index >= 15 is 0 Å². The predicted molar refractivity (Wildman–Crippen MR) is 78.0 cm³/mol. The van der Waals surface area contributed by atoms with Crippen molar-refractivity contribution in [3.63, 3.8) is 0 Å². The summed E-state index contributed by atoms with van der Waals surface area (Å²) in [4.78, 5) is 22.4. The van der Waals surface area contributed by atoms with E-state index in [1.54, 1.807) is 12.1 Å². The lowest BCUT2D eigenvalue weighted by molar-refractivity contribution is -0.121. The number of urea groups is 1. The lowest BCUT2D eigenvalue weighted by Gasteiger charge is -2.09. The normalized spacial score (nSPS) is 16.9. The molecule has 0 aromatic heterocycles. The monoisotopic (exact) mass is 273 g/mol. The van der Waals surface area contributed by atoms with Gasteiger partial charge in [-0.3, -0.25) is 4.79 Å². The molecule has 20 heavy (non-hydrogen) atoms. The van der Waals surface area contributed by atoms with Gasteiger partial charge in [0.2, 0.25) is 5.91 Å². The SMILES string of the molecule is NC(=O)Nc1ccc(CNC(=O)C[C@H]2C=CCC2)cc1. The topological polar surface area (TPSA) is 84.2 Å². The van der Waals surface area contributed by atoms with Gasteiger partial charge in [-0.2, -0.15) is 0 Å². The molecule has 1 aromatic carbocycles. The van der Waals surface area contributed by atoms with Gasteiger partial charge in [-0.05, 0) is 36.5 Å². The molecule has 5 nitrogen and oxygen atoms in total. The average Bonchev–Trinajstić information content (AvgIpc) is 2.90. The van der Waals surface area contributed by atoms with Crippen molar-refractivity contribution < 1.29 is 9.59 Å². The van der Waals surface area contributed by atoms with Crippen molar-refractivity contribution in [3.05, 3.63) is 42.0 Å². The zero-order chi connectivity index (χ0) is 14.4. The number of benzene rings is 1. The Morgan fingerprint density at radius 2 is 2.00 bits per heavy atom. The van der Waals surface area contributed by atoms with Crippen LogP contribution in [0, 0.1) is 5.92 Å². The van der Waals surface area contributed by atoms with Crippen molar-refractivity contribution in [1.82, 2.24) is 5.32 Å². The molecular weight excluding hydrogens is 254 g/mol. The highest BCUT2D eigenvalue weighted by molar-refractivity contribution is 5.87. The van der Waals surface area contributed by atoms with Crippen LogP contribution in [-0.2, 0) is 11.3 Å². The van der Waals surface area contributed by atoms with Crippen molar-refractivity contribution in [2.24, 2.45) is 11.7 Å². The van der Waals surface area contributed by atoms with Gasteiger partial charge in [0.15, 0.2) is 0 Å². The van der Waals surface area contributed by atoms with Crippen LogP contribution in [0.25, 0.3) is 0 Å². The minimum Gasteiger partial charge on any atom is -0.352 e. The van der Waals surface area contributed by atoms with Gasteiger partial charge in [0.05, 0.1) is 0 Å². The minimum atomic E-state index is -0.587. The molecule has 0 unspecified atom stereocenters. The summed E-state index contributed by atoms with van der Waals surface area (Å²) in [6.07, 6.45) is 6.94. The van der Waals surface area contributed by atoms with Crippen LogP contribution in [0.1, 0.15) is 24.8 Å². The lowest BCUT2D eigenvalue weighted by atomic mass is 10.1. The van der Waals surface area contributed by atoms with Gasteiger partial charge in [-0.15, -0.1) is 0 Å². The zero-order valence-electron chi connectivity index (χ0n) is 11.3. The second kappa shape index (κ2) is 6.75. The number of hydrogen-bond donors (Lipinski definition) is 3. The molecule has 5 heteroatoms. The minimum absolute atomic E-state index is 0.0703. The van der Waals surface area contributed by atoms with Gasteiger partial charge in [0, 0.05) is 18.7 Å². The number of nitrogens with one attached hydrogen (secondary N) is 2. The summed E-state index contributed by atoms with van der Waals surface area (Å²) in [5.74, 6) is 0.457. The van der Waals surface area contributed by atoms with Gasteiger partial charge in [-0.25, -0.2) is 4.79 Å². The van der Waals surface area contributed by atoms with Gasteiger partial charge in [0.1, 0.15) is 0 Å². The molecule has 1 aliphatic carbocycles. The number of hydrogen-bond acceptors (Lipinski definition) is 2. The third-order valence-corrected chi connectivity index (χ3v) is 3.27. The second-order valence-corrected chi connectivity index (χ2v) is 4.93. The maximum atomic E-state index is 11.8. The molecule has 1 aliphatic rings. The third-order valence-electron chi connectivity index (χ3n) is 3.27. The van der Waals surface area contributed by atoms with Gasteiger partial charge in [-0.1, -0.05) is 24.3 Å². The van der Waals surface area contributed by atoms with E-state index < -0.39 is 6.03 Å². The Hall–Kier alpha value is -2.30. The fourth-order valence-electron chi connectivity index (χ4n) is 2.22. The van der Waals surface area contributed by atoms with Crippen molar-refractivity contribution in [1.29, 1.82) is 0 Å². The fraction of sp³-hybridized carbons (Fsp3) is 0.333. The van der Waals surface area contributed by atoms with Gasteiger partial charge < -0.3 is 16.4 Å². The Morgan fingerprint density at radius 3 is 2.60 bits per heavy atom. The summed E-state index contributed by atoms with van der Waals surface area (Å²) in [6, 6.07) is 6.62. The van der Waals surface area contributed by atoms with E-state index in [0.29, 0.717) is 24.6 Å². The van der Waals surface area contributed by atoms with Crippen LogP contribution >= 0.6 is 0 Å². The summed E-state index contributed by atoms with van der Waals surface area (Å²) in [5.41, 5.74) is 6.65. The van der Waals surface area contributed by atoms with E-state index in [4.69, 9.17) is 5.73 Å². The van der Waals surface area contributed by atoms with E-state index in [9.17, 15) is 9.59 Å². The van der Waals surface area contributed by atoms with Crippen LogP contribution in [0.4, 0.5) is 10.5 Å². The van der Waals surface area contributed by atoms with E-state index in [1.165, 1.54) is 0 Å². The third kappa shape index (κ3) is 4.42. The first-order chi connectivity index (χ1) is 9.63.